The number of H-pyrrole nitrogens is 2. The lowest BCUT2D eigenvalue weighted by molar-refractivity contribution is 0.611. The topological polar surface area (TPSA) is 83.5 Å². The van der Waals surface area contributed by atoms with Crippen molar-refractivity contribution in [1.82, 2.24) is 19.5 Å². The van der Waals surface area contributed by atoms with Crippen LogP contribution in [0.5, 0.6) is 0 Å². The van der Waals surface area contributed by atoms with Crippen molar-refractivity contribution >= 4 is 11.2 Å². The van der Waals surface area contributed by atoms with Crippen molar-refractivity contribution in [1.29, 1.82) is 0 Å². The minimum Gasteiger partial charge on any atom is -0.336 e. The molecule has 6 nitrogen and oxygen atoms in total. The highest BCUT2D eigenvalue weighted by atomic mass is 16.2. The third-order valence-corrected chi connectivity index (χ3v) is 3.62. The van der Waals surface area contributed by atoms with Crippen LogP contribution in [0.25, 0.3) is 11.2 Å². The van der Waals surface area contributed by atoms with Gasteiger partial charge in [-0.05, 0) is 11.8 Å². The van der Waals surface area contributed by atoms with Crippen molar-refractivity contribution in [3.05, 3.63) is 26.7 Å². The van der Waals surface area contributed by atoms with Gasteiger partial charge in [-0.25, -0.2) is 9.78 Å². The third kappa shape index (κ3) is 1.36. The molecule has 1 aliphatic rings. The summed E-state index contributed by atoms with van der Waals surface area (Å²) < 4.78 is 1.35. The van der Waals surface area contributed by atoms with Crippen LogP contribution in [0.1, 0.15) is 32.0 Å². The first-order chi connectivity index (χ1) is 7.90. The second-order valence-electron chi connectivity index (χ2n) is 5.38. The van der Waals surface area contributed by atoms with Gasteiger partial charge in [-0.1, -0.05) is 13.8 Å². The van der Waals surface area contributed by atoms with Gasteiger partial charge in [-0.15, -0.1) is 0 Å². The lowest BCUT2D eigenvalue weighted by Crippen LogP contribution is -2.28. The SMILES string of the molecule is Cn1c(=O)[nH]c(=O)c2[nH]c(C3CC3(C)C)nc21. The first kappa shape index (κ1) is 10.3. The van der Waals surface area contributed by atoms with Crippen LogP contribution in [0.2, 0.25) is 0 Å². The van der Waals surface area contributed by atoms with E-state index in [1.807, 2.05) is 0 Å². The molecule has 1 saturated carbocycles. The van der Waals surface area contributed by atoms with Gasteiger partial charge in [0.1, 0.15) is 11.3 Å². The Kier molecular flexibility index (Phi) is 1.75. The molecule has 2 aromatic heterocycles. The van der Waals surface area contributed by atoms with Crippen molar-refractivity contribution < 1.29 is 0 Å². The molecule has 0 amide bonds. The summed E-state index contributed by atoms with van der Waals surface area (Å²) in [5, 5.41) is 0. The molecular weight excluding hydrogens is 220 g/mol. The van der Waals surface area contributed by atoms with Gasteiger partial charge < -0.3 is 4.98 Å². The number of hydrogen-bond acceptors (Lipinski definition) is 3. The van der Waals surface area contributed by atoms with Gasteiger partial charge in [0.05, 0.1) is 0 Å². The lowest BCUT2D eigenvalue weighted by atomic mass is 10.1. The summed E-state index contributed by atoms with van der Waals surface area (Å²) in [5.41, 5.74) is 0.205. The van der Waals surface area contributed by atoms with Crippen LogP contribution in [-0.2, 0) is 7.05 Å². The second kappa shape index (κ2) is 2.88. The summed E-state index contributed by atoms with van der Waals surface area (Å²) in [5.74, 6) is 1.15. The molecule has 1 aliphatic carbocycles. The Hall–Kier alpha value is -1.85. The summed E-state index contributed by atoms with van der Waals surface area (Å²) in [6.45, 7) is 4.32. The highest BCUT2D eigenvalue weighted by Crippen LogP contribution is 2.57. The van der Waals surface area contributed by atoms with Crippen molar-refractivity contribution in [2.75, 3.05) is 0 Å². The fourth-order valence-corrected chi connectivity index (χ4v) is 2.22. The first-order valence-electron chi connectivity index (χ1n) is 5.59. The molecule has 2 heterocycles. The van der Waals surface area contributed by atoms with Gasteiger partial charge >= 0.3 is 5.69 Å². The van der Waals surface area contributed by atoms with Crippen LogP contribution in [-0.4, -0.2) is 19.5 Å². The standard InChI is InChI=1S/C11H14N4O2/c1-11(2)4-5(11)7-12-6-8(13-7)15(3)10(17)14-9(6)16/h5H,4H2,1-3H3,(H,12,13)(H,14,16,17). The average Bonchev–Trinajstić information content (AvgIpc) is 2.73. The van der Waals surface area contributed by atoms with Gasteiger partial charge in [0.25, 0.3) is 5.56 Å². The van der Waals surface area contributed by atoms with Gasteiger partial charge in [-0.2, -0.15) is 0 Å². The van der Waals surface area contributed by atoms with Crippen LogP contribution in [0.3, 0.4) is 0 Å². The monoisotopic (exact) mass is 234 g/mol. The van der Waals surface area contributed by atoms with Gasteiger partial charge in [0.15, 0.2) is 5.65 Å². The molecule has 2 N–H and O–H groups in total. The molecule has 0 saturated heterocycles. The Balaban J connectivity index is 2.27. The predicted molar refractivity (Wildman–Crippen MR) is 63.1 cm³/mol. The molecule has 2 aromatic rings. The van der Waals surface area contributed by atoms with Crippen molar-refractivity contribution in [2.24, 2.45) is 12.5 Å². The van der Waals surface area contributed by atoms with Crippen molar-refractivity contribution in [3.8, 4) is 0 Å². The van der Waals surface area contributed by atoms with E-state index in [9.17, 15) is 9.59 Å². The molecule has 1 fully saturated rings. The molecule has 17 heavy (non-hydrogen) atoms. The van der Waals surface area contributed by atoms with E-state index in [4.69, 9.17) is 0 Å². The first-order valence-corrected chi connectivity index (χ1v) is 5.59. The van der Waals surface area contributed by atoms with E-state index >= 15 is 0 Å². The molecule has 1 unspecified atom stereocenters. The quantitative estimate of drug-likeness (QED) is 0.752. The maximum atomic E-state index is 11.6. The zero-order valence-corrected chi connectivity index (χ0v) is 10.00. The van der Waals surface area contributed by atoms with E-state index in [1.54, 1.807) is 7.05 Å². The van der Waals surface area contributed by atoms with E-state index in [1.165, 1.54) is 4.57 Å². The van der Waals surface area contributed by atoms with E-state index < -0.39 is 11.2 Å². The van der Waals surface area contributed by atoms with Crippen molar-refractivity contribution in [2.45, 2.75) is 26.2 Å². The number of imidazole rings is 1. The van der Waals surface area contributed by atoms with Crippen LogP contribution >= 0.6 is 0 Å². The van der Waals surface area contributed by atoms with Gasteiger partial charge in [-0.3, -0.25) is 14.3 Å². The zero-order chi connectivity index (χ0) is 12.4. The minimum absolute atomic E-state index is 0.236. The third-order valence-electron chi connectivity index (χ3n) is 3.62. The van der Waals surface area contributed by atoms with Crippen LogP contribution in [0.4, 0.5) is 0 Å². The maximum Gasteiger partial charge on any atom is 0.329 e. The molecule has 1 atom stereocenters. The van der Waals surface area contributed by atoms with E-state index in [0.717, 1.165) is 12.2 Å². The fraction of sp³-hybridized carbons (Fsp3) is 0.545. The van der Waals surface area contributed by atoms with E-state index in [2.05, 4.69) is 28.8 Å². The fourth-order valence-electron chi connectivity index (χ4n) is 2.22. The molecule has 0 spiro atoms. The second-order valence-corrected chi connectivity index (χ2v) is 5.38. The number of rotatable bonds is 1. The number of aromatic amines is 2. The smallest absolute Gasteiger partial charge is 0.329 e. The average molecular weight is 234 g/mol. The maximum absolute atomic E-state index is 11.6. The van der Waals surface area contributed by atoms with Crippen LogP contribution in [0.15, 0.2) is 9.59 Å². The highest BCUT2D eigenvalue weighted by molar-refractivity contribution is 5.69. The molecule has 6 heteroatoms. The van der Waals surface area contributed by atoms with E-state index in [-0.39, 0.29) is 5.41 Å². The minimum atomic E-state index is -0.435. The molecular formula is C11H14N4O2. The molecule has 90 valence electrons. The van der Waals surface area contributed by atoms with Gasteiger partial charge in [0.2, 0.25) is 0 Å². The zero-order valence-electron chi connectivity index (χ0n) is 10.00. The molecule has 0 aromatic carbocycles. The van der Waals surface area contributed by atoms with E-state index in [0.29, 0.717) is 17.1 Å². The van der Waals surface area contributed by atoms with Crippen molar-refractivity contribution in [3.63, 3.8) is 0 Å². The Labute approximate surface area is 96.7 Å². The number of aromatic nitrogens is 4. The summed E-state index contributed by atoms with van der Waals surface area (Å²) in [6, 6.07) is 0. The Morgan fingerprint density at radius 2 is 2.00 bits per heavy atom. The molecule has 3 rings (SSSR count). The Morgan fingerprint density at radius 3 is 2.59 bits per heavy atom. The molecule has 0 radical (unpaired) electrons. The predicted octanol–water partition coefficient (Wildman–Crippen LogP) is 0.463. The van der Waals surface area contributed by atoms with Crippen LogP contribution in [0, 0.1) is 5.41 Å². The number of nitrogens with one attached hydrogen (secondary N) is 2. The van der Waals surface area contributed by atoms with Gasteiger partial charge in [0, 0.05) is 13.0 Å². The number of aryl methyl sites for hydroxylation is 1. The normalized spacial score (nSPS) is 21.9. The Morgan fingerprint density at radius 1 is 1.35 bits per heavy atom. The summed E-state index contributed by atoms with van der Waals surface area (Å²) >= 11 is 0. The number of fused-ring (bicyclic) bond motifs is 1. The lowest BCUT2D eigenvalue weighted by Gasteiger charge is -1.97. The number of nitrogens with zero attached hydrogens (tertiary/aromatic N) is 2. The Bertz CT molecular complexity index is 719. The largest absolute Gasteiger partial charge is 0.336 e. The number of hydrogen-bond donors (Lipinski definition) is 2. The summed E-state index contributed by atoms with van der Waals surface area (Å²) in [4.78, 5) is 32.7. The summed E-state index contributed by atoms with van der Waals surface area (Å²) in [7, 11) is 1.60. The highest BCUT2D eigenvalue weighted by Gasteiger charge is 2.48. The summed E-state index contributed by atoms with van der Waals surface area (Å²) in [6.07, 6.45) is 1.05. The molecule has 0 bridgehead atoms. The van der Waals surface area contributed by atoms with Crippen LogP contribution < -0.4 is 11.2 Å². The molecule has 0 aliphatic heterocycles.